The van der Waals surface area contributed by atoms with Gasteiger partial charge in [0, 0.05) is 50.9 Å². The second-order valence-electron chi connectivity index (χ2n) is 27.3. The molecule has 4 heteroatoms. The van der Waals surface area contributed by atoms with Crippen LogP contribution < -0.4 is 31.1 Å². The average molecular weight is 980 g/mol. The van der Waals surface area contributed by atoms with Crippen LogP contribution >= 0.6 is 0 Å². The lowest BCUT2D eigenvalue weighted by atomic mass is 9.33. The molecule has 3 aliphatic carbocycles. The van der Waals surface area contributed by atoms with Gasteiger partial charge in [0.05, 0.1) is 5.69 Å². The van der Waals surface area contributed by atoms with E-state index in [1.54, 1.807) is 0 Å². The number of fused-ring (bicyclic) bond motifs is 9. The summed E-state index contributed by atoms with van der Waals surface area (Å²) in [5.74, 6) is 0. The van der Waals surface area contributed by atoms with E-state index in [9.17, 15) is 0 Å². The molecule has 0 spiro atoms. The number of hydrogen-bond donors (Lipinski definition) is 0. The van der Waals surface area contributed by atoms with Crippen LogP contribution in [-0.4, -0.2) is 6.71 Å². The molecule has 13 rings (SSSR count). The van der Waals surface area contributed by atoms with Gasteiger partial charge in [-0.3, -0.25) is 0 Å². The molecule has 8 aromatic rings. The summed E-state index contributed by atoms with van der Waals surface area (Å²) in [6.45, 7) is 34.2. The Kier molecular flexibility index (Phi) is 10.1. The molecule has 0 bridgehead atoms. The fourth-order valence-corrected chi connectivity index (χ4v) is 15.3. The van der Waals surface area contributed by atoms with Gasteiger partial charge < -0.3 is 14.7 Å². The number of benzene rings is 8. The third-order valence-corrected chi connectivity index (χ3v) is 18.8. The zero-order valence-electron chi connectivity index (χ0n) is 47.1. The van der Waals surface area contributed by atoms with Gasteiger partial charge in [-0.1, -0.05) is 175 Å². The van der Waals surface area contributed by atoms with E-state index in [0.717, 1.165) is 23.5 Å². The van der Waals surface area contributed by atoms with Crippen LogP contribution in [0, 0.1) is 6.92 Å². The summed E-state index contributed by atoms with van der Waals surface area (Å²) in [7, 11) is 0. The van der Waals surface area contributed by atoms with Crippen LogP contribution in [0.5, 0.6) is 0 Å². The molecular formula is C71H74BN3. The highest BCUT2D eigenvalue weighted by atomic mass is 15.2. The number of hydrogen-bond acceptors (Lipinski definition) is 3. The van der Waals surface area contributed by atoms with E-state index in [1.165, 1.54) is 119 Å². The van der Waals surface area contributed by atoms with Crippen molar-refractivity contribution in [3.05, 3.63) is 202 Å². The molecule has 75 heavy (non-hydrogen) atoms. The molecule has 2 aliphatic heterocycles. The minimum Gasteiger partial charge on any atom is -0.311 e. The van der Waals surface area contributed by atoms with Gasteiger partial charge in [0.25, 0.3) is 6.71 Å². The second kappa shape index (κ2) is 15.9. The normalized spacial score (nSPS) is 18.3. The molecule has 3 nitrogen and oxygen atoms in total. The van der Waals surface area contributed by atoms with Gasteiger partial charge in [0.1, 0.15) is 0 Å². The summed E-state index contributed by atoms with van der Waals surface area (Å²) in [5, 5.41) is 0. The van der Waals surface area contributed by atoms with Crippen molar-refractivity contribution in [1.29, 1.82) is 0 Å². The van der Waals surface area contributed by atoms with E-state index in [-0.39, 0.29) is 39.2 Å². The second-order valence-corrected chi connectivity index (χ2v) is 27.3. The highest BCUT2D eigenvalue weighted by Gasteiger charge is 2.50. The van der Waals surface area contributed by atoms with Crippen molar-refractivity contribution in [3.8, 4) is 11.1 Å². The molecule has 0 amide bonds. The first kappa shape index (κ1) is 47.9. The molecule has 5 aliphatic rings. The summed E-state index contributed by atoms with van der Waals surface area (Å²) in [5.41, 5.74) is 29.1. The van der Waals surface area contributed by atoms with Gasteiger partial charge in [0.2, 0.25) is 0 Å². The minimum absolute atomic E-state index is 0.0195. The minimum atomic E-state index is -0.275. The molecular weight excluding hydrogens is 906 g/mol. The van der Waals surface area contributed by atoms with E-state index in [4.69, 9.17) is 0 Å². The lowest BCUT2D eigenvalue weighted by Crippen LogP contribution is -2.61. The number of rotatable bonds is 5. The Bertz CT molecular complexity index is 3640. The number of anilines is 9. The lowest BCUT2D eigenvalue weighted by Gasteiger charge is -2.47. The Labute approximate surface area is 448 Å². The monoisotopic (exact) mass is 980 g/mol. The van der Waals surface area contributed by atoms with E-state index >= 15 is 0 Å². The van der Waals surface area contributed by atoms with Gasteiger partial charge >= 0.3 is 0 Å². The number of aryl methyl sites for hydroxylation is 1. The van der Waals surface area contributed by atoms with Crippen LogP contribution in [0.4, 0.5) is 51.2 Å². The summed E-state index contributed by atoms with van der Waals surface area (Å²) in [4.78, 5) is 7.86. The van der Waals surface area contributed by atoms with Gasteiger partial charge in [0.15, 0.2) is 0 Å². The molecule has 0 atom stereocenters. The number of nitrogens with zero attached hydrogens (tertiary/aromatic N) is 3. The van der Waals surface area contributed by atoms with Crippen LogP contribution in [0.1, 0.15) is 154 Å². The van der Waals surface area contributed by atoms with Crippen molar-refractivity contribution in [1.82, 2.24) is 0 Å². The van der Waals surface area contributed by atoms with E-state index in [2.05, 4.69) is 269 Å². The van der Waals surface area contributed by atoms with E-state index in [1.807, 2.05) is 0 Å². The highest BCUT2D eigenvalue weighted by molar-refractivity contribution is 7.00. The molecule has 0 unspecified atom stereocenters. The predicted molar refractivity (Wildman–Crippen MR) is 322 cm³/mol. The maximum Gasteiger partial charge on any atom is 0.252 e. The quantitative estimate of drug-likeness (QED) is 0.159. The van der Waals surface area contributed by atoms with Gasteiger partial charge in [-0.2, -0.15) is 0 Å². The smallest absolute Gasteiger partial charge is 0.252 e. The summed E-state index contributed by atoms with van der Waals surface area (Å²) < 4.78 is 0. The van der Waals surface area contributed by atoms with Crippen LogP contribution in [0.25, 0.3) is 11.1 Å². The molecule has 0 saturated carbocycles. The largest absolute Gasteiger partial charge is 0.311 e. The average Bonchev–Trinajstić information content (AvgIpc) is 3.72. The van der Waals surface area contributed by atoms with Crippen molar-refractivity contribution in [2.75, 3.05) is 14.7 Å². The van der Waals surface area contributed by atoms with Crippen molar-refractivity contribution in [2.45, 2.75) is 149 Å². The predicted octanol–water partition coefficient (Wildman–Crippen LogP) is 17.5. The molecule has 2 heterocycles. The topological polar surface area (TPSA) is 9.72 Å². The number of para-hydroxylation sites is 2. The van der Waals surface area contributed by atoms with Crippen LogP contribution in [0.3, 0.4) is 0 Å². The van der Waals surface area contributed by atoms with Crippen LogP contribution in [0.15, 0.2) is 158 Å². The Morgan fingerprint density at radius 2 is 1.03 bits per heavy atom. The zero-order valence-corrected chi connectivity index (χ0v) is 47.1. The van der Waals surface area contributed by atoms with Crippen LogP contribution in [0.2, 0.25) is 0 Å². The third kappa shape index (κ3) is 6.99. The van der Waals surface area contributed by atoms with Crippen LogP contribution in [-0.2, 0) is 32.5 Å². The standard InChI is InChI=1S/C71H74BN3/c1-44-37-61-65-62(38-44)75(58-34-32-52(66(2,3)4)63-49-27-21-22-28-50(49)71(13,14)64(58)63)59-40-48(73(45-23-17-15-18-24-45)46-25-19-16-20-26-46)30-33-56(59)72(65)57-41-54-55(70(11,12)43-69(54,9)10)42-60(57)74(61)47-29-31-51-53(39-47)68(7,8)36-35-67(51,5)6/h15-34,37-42H,35-36,43H2,1-14H3. The van der Waals surface area contributed by atoms with E-state index < -0.39 is 0 Å². The van der Waals surface area contributed by atoms with Gasteiger partial charge in [-0.25, -0.2) is 0 Å². The molecule has 0 N–H and O–H groups in total. The first-order chi connectivity index (χ1) is 35.5. The van der Waals surface area contributed by atoms with Gasteiger partial charge in [-0.05, 0) is 198 Å². The molecule has 376 valence electrons. The summed E-state index contributed by atoms with van der Waals surface area (Å²) >= 11 is 0. The lowest BCUT2D eigenvalue weighted by molar-refractivity contribution is 0.332. The van der Waals surface area contributed by atoms with Crippen molar-refractivity contribution in [3.63, 3.8) is 0 Å². The zero-order chi connectivity index (χ0) is 52.5. The third-order valence-electron chi connectivity index (χ3n) is 18.8. The molecule has 0 fully saturated rings. The highest BCUT2D eigenvalue weighted by Crippen LogP contribution is 2.59. The first-order valence-corrected chi connectivity index (χ1v) is 27.9. The first-order valence-electron chi connectivity index (χ1n) is 27.9. The van der Waals surface area contributed by atoms with Crippen molar-refractivity contribution in [2.24, 2.45) is 0 Å². The Hall–Kier alpha value is -6.78. The molecule has 0 saturated heterocycles. The van der Waals surface area contributed by atoms with E-state index in [0.29, 0.717) is 0 Å². The Balaban J connectivity index is 1.16. The molecule has 0 radical (unpaired) electrons. The fraction of sp³-hybridized carbons (Fsp3) is 0.324. The fourth-order valence-electron chi connectivity index (χ4n) is 15.3. The molecule has 0 aromatic heterocycles. The van der Waals surface area contributed by atoms with Gasteiger partial charge in [-0.15, -0.1) is 0 Å². The summed E-state index contributed by atoms with van der Waals surface area (Å²) in [6.07, 6.45) is 3.47. The van der Waals surface area contributed by atoms with Crippen molar-refractivity contribution >= 4 is 74.3 Å². The summed E-state index contributed by atoms with van der Waals surface area (Å²) in [6, 6.07) is 61.4. The Morgan fingerprint density at radius 3 is 1.68 bits per heavy atom. The maximum absolute atomic E-state index is 2.72. The Morgan fingerprint density at radius 1 is 0.453 bits per heavy atom. The van der Waals surface area contributed by atoms with Crippen molar-refractivity contribution < 1.29 is 0 Å². The maximum atomic E-state index is 2.72. The molecule has 8 aromatic carbocycles. The SMILES string of the molecule is Cc1cc2c3c(c1)N(c1ccc(C(C)(C)C)c4c1C(C)(C)c1ccccc1-4)c1cc(N(c4ccccc4)c4ccccc4)ccc1B3c1cc3c(cc1N2c1ccc2c(c1)C(C)(C)CCC2(C)C)C(C)(C)CC3(C)C.